The minimum absolute atomic E-state index is 0.104. The molecule has 1 aliphatic rings. The van der Waals surface area contributed by atoms with Crippen LogP contribution in [-0.2, 0) is 16.6 Å². The highest BCUT2D eigenvalue weighted by molar-refractivity contribution is 6.51. The number of hydrogen-bond acceptors (Lipinski definition) is 3. The average Bonchev–Trinajstić information content (AvgIpc) is 3.31. The normalized spacial score (nSPS) is 17.5. The van der Waals surface area contributed by atoms with Gasteiger partial charge in [0.25, 0.3) is 11.7 Å². The molecule has 1 aromatic heterocycles. The number of amides is 1. The SMILES string of the molecule is Cc1ccc(/C(O)=C2\C(=O)C(=O)N(c3ccc(C)c(C)c3)C2c2cn(C)c3ccccc23)cc1C. The van der Waals surface area contributed by atoms with Crippen LogP contribution < -0.4 is 4.90 Å². The topological polar surface area (TPSA) is 62.5 Å². The van der Waals surface area contributed by atoms with Gasteiger partial charge < -0.3 is 9.67 Å². The molecule has 0 bridgehead atoms. The van der Waals surface area contributed by atoms with Crippen LogP contribution in [0.5, 0.6) is 0 Å². The summed E-state index contributed by atoms with van der Waals surface area (Å²) in [5.74, 6) is -1.48. The Morgan fingerprint density at radius 2 is 1.49 bits per heavy atom. The Bertz CT molecular complexity index is 1560. The highest BCUT2D eigenvalue weighted by Gasteiger charge is 2.48. The number of Topliss-reactive ketones (excluding diaryl/α,β-unsaturated/α-hetero) is 1. The Hall–Kier alpha value is -4.12. The molecule has 0 spiro atoms. The number of hydrogen-bond donors (Lipinski definition) is 1. The Morgan fingerprint density at radius 1 is 0.829 bits per heavy atom. The van der Waals surface area contributed by atoms with E-state index in [0.717, 1.165) is 38.7 Å². The molecule has 176 valence electrons. The van der Waals surface area contributed by atoms with E-state index in [1.807, 2.05) is 100 Å². The molecular formula is C30H28N2O3. The number of rotatable bonds is 3. The minimum atomic E-state index is -0.759. The molecule has 1 unspecified atom stereocenters. The van der Waals surface area contributed by atoms with Crippen molar-refractivity contribution < 1.29 is 14.7 Å². The second-order valence-corrected chi connectivity index (χ2v) is 9.45. The smallest absolute Gasteiger partial charge is 0.300 e. The molecule has 1 saturated heterocycles. The van der Waals surface area contributed by atoms with Gasteiger partial charge in [-0.05, 0) is 74.2 Å². The number of carbonyl (C=O) groups excluding carboxylic acids is 2. The van der Waals surface area contributed by atoms with Crippen LogP contribution in [0.4, 0.5) is 5.69 Å². The molecule has 0 saturated carbocycles. The van der Waals surface area contributed by atoms with E-state index in [1.165, 1.54) is 4.90 Å². The van der Waals surface area contributed by atoms with E-state index in [-0.39, 0.29) is 11.3 Å². The number of anilines is 1. The molecule has 1 atom stereocenters. The number of aromatic nitrogens is 1. The third kappa shape index (κ3) is 3.55. The van der Waals surface area contributed by atoms with E-state index in [4.69, 9.17) is 0 Å². The summed E-state index contributed by atoms with van der Waals surface area (Å²) < 4.78 is 1.99. The van der Waals surface area contributed by atoms with Crippen molar-refractivity contribution in [3.8, 4) is 0 Å². The van der Waals surface area contributed by atoms with Gasteiger partial charge in [0, 0.05) is 41.0 Å². The zero-order chi connectivity index (χ0) is 25.0. The Kier molecular flexibility index (Phi) is 5.36. The van der Waals surface area contributed by atoms with Crippen molar-refractivity contribution in [2.75, 3.05) is 4.90 Å². The summed E-state index contributed by atoms with van der Waals surface area (Å²) in [4.78, 5) is 28.6. The van der Waals surface area contributed by atoms with Crippen LogP contribution in [0.25, 0.3) is 16.7 Å². The lowest BCUT2D eigenvalue weighted by molar-refractivity contribution is -0.132. The minimum Gasteiger partial charge on any atom is -0.507 e. The predicted octanol–water partition coefficient (Wildman–Crippen LogP) is 6.04. The van der Waals surface area contributed by atoms with E-state index >= 15 is 0 Å². The fraction of sp³-hybridized carbons (Fsp3) is 0.200. The molecule has 4 aromatic rings. The van der Waals surface area contributed by atoms with E-state index in [9.17, 15) is 14.7 Å². The van der Waals surface area contributed by atoms with Gasteiger partial charge in [-0.2, -0.15) is 0 Å². The maximum atomic E-state index is 13.5. The second-order valence-electron chi connectivity index (χ2n) is 9.45. The largest absolute Gasteiger partial charge is 0.507 e. The van der Waals surface area contributed by atoms with Gasteiger partial charge in [-0.3, -0.25) is 14.5 Å². The van der Waals surface area contributed by atoms with Crippen LogP contribution in [0.2, 0.25) is 0 Å². The third-order valence-corrected chi connectivity index (χ3v) is 7.22. The third-order valence-electron chi connectivity index (χ3n) is 7.22. The summed E-state index contributed by atoms with van der Waals surface area (Å²) >= 11 is 0. The Morgan fingerprint density at radius 3 is 2.17 bits per heavy atom. The van der Waals surface area contributed by atoms with E-state index < -0.39 is 17.7 Å². The lowest BCUT2D eigenvalue weighted by atomic mass is 9.93. The van der Waals surface area contributed by atoms with Crippen molar-refractivity contribution >= 4 is 34.0 Å². The van der Waals surface area contributed by atoms with Gasteiger partial charge in [0.05, 0.1) is 11.6 Å². The number of carbonyl (C=O) groups is 2. The van der Waals surface area contributed by atoms with Crippen LogP contribution >= 0.6 is 0 Å². The molecule has 2 heterocycles. The highest BCUT2D eigenvalue weighted by atomic mass is 16.3. The van der Waals surface area contributed by atoms with Gasteiger partial charge in [0.2, 0.25) is 0 Å². The van der Waals surface area contributed by atoms with E-state index in [0.29, 0.717) is 11.3 Å². The predicted molar refractivity (Wildman–Crippen MR) is 140 cm³/mol. The molecule has 5 nitrogen and oxygen atoms in total. The van der Waals surface area contributed by atoms with Crippen molar-refractivity contribution in [2.45, 2.75) is 33.7 Å². The van der Waals surface area contributed by atoms with Crippen molar-refractivity contribution in [2.24, 2.45) is 7.05 Å². The fourth-order valence-corrected chi connectivity index (χ4v) is 4.90. The second kappa shape index (κ2) is 8.27. The van der Waals surface area contributed by atoms with Gasteiger partial charge >= 0.3 is 0 Å². The van der Waals surface area contributed by atoms with Gasteiger partial charge in [0.15, 0.2) is 0 Å². The molecule has 0 aliphatic carbocycles. The van der Waals surface area contributed by atoms with Gasteiger partial charge in [-0.1, -0.05) is 36.4 Å². The number of para-hydroxylation sites is 1. The highest BCUT2D eigenvalue weighted by Crippen LogP contribution is 2.45. The molecule has 1 fully saturated rings. The summed E-state index contributed by atoms with van der Waals surface area (Å²) in [6.45, 7) is 7.95. The first-order valence-corrected chi connectivity index (χ1v) is 11.7. The fourth-order valence-electron chi connectivity index (χ4n) is 4.90. The van der Waals surface area contributed by atoms with Crippen LogP contribution in [0.1, 0.15) is 39.4 Å². The average molecular weight is 465 g/mol. The van der Waals surface area contributed by atoms with Gasteiger partial charge in [0.1, 0.15) is 5.76 Å². The first kappa shape index (κ1) is 22.7. The molecule has 0 radical (unpaired) electrons. The molecule has 3 aromatic carbocycles. The molecular weight excluding hydrogens is 436 g/mol. The lowest BCUT2D eigenvalue weighted by Crippen LogP contribution is -2.29. The Labute approximate surface area is 204 Å². The maximum absolute atomic E-state index is 13.5. The number of aliphatic hydroxyl groups excluding tert-OH is 1. The summed E-state index contributed by atoms with van der Waals surface area (Å²) in [6, 6.07) is 18.4. The summed E-state index contributed by atoms with van der Waals surface area (Å²) in [5, 5.41) is 12.4. The van der Waals surface area contributed by atoms with E-state index in [1.54, 1.807) is 6.07 Å². The van der Waals surface area contributed by atoms with E-state index in [2.05, 4.69) is 0 Å². The quantitative estimate of drug-likeness (QED) is 0.228. The molecule has 1 aliphatic heterocycles. The number of benzene rings is 3. The van der Waals surface area contributed by atoms with Crippen LogP contribution in [0.15, 0.2) is 72.4 Å². The number of fused-ring (bicyclic) bond motifs is 1. The van der Waals surface area contributed by atoms with Gasteiger partial charge in [-0.15, -0.1) is 0 Å². The van der Waals surface area contributed by atoms with Crippen LogP contribution in [0.3, 0.4) is 0 Å². The molecule has 5 heteroatoms. The molecule has 1 N–H and O–H groups in total. The number of aliphatic hydroxyl groups is 1. The first-order chi connectivity index (χ1) is 16.7. The molecule has 35 heavy (non-hydrogen) atoms. The number of aryl methyl sites for hydroxylation is 5. The summed E-state index contributed by atoms with van der Waals surface area (Å²) in [7, 11) is 1.94. The zero-order valence-electron chi connectivity index (χ0n) is 20.6. The van der Waals surface area contributed by atoms with Crippen molar-refractivity contribution in [1.82, 2.24) is 4.57 Å². The monoisotopic (exact) mass is 464 g/mol. The van der Waals surface area contributed by atoms with Crippen LogP contribution in [-0.4, -0.2) is 21.4 Å². The lowest BCUT2D eigenvalue weighted by Gasteiger charge is -2.25. The molecule has 5 rings (SSSR count). The maximum Gasteiger partial charge on any atom is 0.300 e. The van der Waals surface area contributed by atoms with Crippen molar-refractivity contribution in [1.29, 1.82) is 0 Å². The Balaban J connectivity index is 1.81. The van der Waals surface area contributed by atoms with Gasteiger partial charge in [-0.25, -0.2) is 0 Å². The first-order valence-electron chi connectivity index (χ1n) is 11.7. The number of nitrogens with zero attached hydrogens (tertiary/aromatic N) is 2. The number of ketones is 1. The standard InChI is InChI=1S/C30H28N2O3/c1-17-10-12-21(14-19(17)3)28(33)26-27(24-16-31(5)25-9-7-6-8-23(24)25)32(30(35)29(26)34)22-13-11-18(2)20(4)15-22/h6-16,27,33H,1-5H3/b28-26+. The van der Waals surface area contributed by atoms with Crippen molar-refractivity contribution in [3.63, 3.8) is 0 Å². The van der Waals surface area contributed by atoms with Crippen molar-refractivity contribution in [3.05, 3.63) is 106 Å². The summed E-state index contributed by atoms with van der Waals surface area (Å²) in [6.07, 6.45) is 1.95. The zero-order valence-corrected chi connectivity index (χ0v) is 20.6. The van der Waals surface area contributed by atoms with Crippen LogP contribution in [0, 0.1) is 27.7 Å². The molecule has 1 amide bonds. The summed E-state index contributed by atoms with van der Waals surface area (Å²) in [5.41, 5.74) is 7.25.